The van der Waals surface area contributed by atoms with E-state index in [4.69, 9.17) is 9.47 Å². The number of halogens is 1. The molecule has 3 rings (SSSR count). The maximum atomic E-state index is 5.59. The van der Waals surface area contributed by atoms with Crippen LogP contribution in [0.15, 0.2) is 29.3 Å². The molecule has 0 aromatic heterocycles. The lowest BCUT2D eigenvalue weighted by molar-refractivity contribution is -0.0352. The quantitative estimate of drug-likeness (QED) is 0.332. The summed E-state index contributed by atoms with van der Waals surface area (Å²) in [6, 6.07) is 8.49. The van der Waals surface area contributed by atoms with Crippen LogP contribution in [0.5, 0.6) is 0 Å². The van der Waals surface area contributed by atoms with Gasteiger partial charge in [-0.25, -0.2) is 0 Å². The number of hydrogen-bond acceptors (Lipinski definition) is 4. The molecule has 1 heterocycles. The number of nitrogens with one attached hydrogen (secondary N) is 2. The predicted molar refractivity (Wildman–Crippen MR) is 129 cm³/mol. The van der Waals surface area contributed by atoms with E-state index in [-0.39, 0.29) is 29.5 Å². The molecule has 1 aromatic carbocycles. The molecule has 0 unspecified atom stereocenters. The summed E-state index contributed by atoms with van der Waals surface area (Å²) in [6.45, 7) is 6.13. The summed E-state index contributed by atoms with van der Waals surface area (Å²) in [5.41, 5.74) is 2.66. The van der Waals surface area contributed by atoms with Crippen molar-refractivity contribution in [2.45, 2.75) is 50.8 Å². The van der Waals surface area contributed by atoms with E-state index in [9.17, 15) is 0 Å². The van der Waals surface area contributed by atoms with Crippen molar-refractivity contribution >= 4 is 29.9 Å². The van der Waals surface area contributed by atoms with Crippen molar-refractivity contribution in [2.24, 2.45) is 4.99 Å². The number of rotatable bonds is 7. The summed E-state index contributed by atoms with van der Waals surface area (Å²) in [7, 11) is 3.57. The molecular weight excluding hydrogens is 479 g/mol. The molecule has 1 aliphatic heterocycles. The summed E-state index contributed by atoms with van der Waals surface area (Å²) in [5, 5.41) is 7.09. The fourth-order valence-electron chi connectivity index (χ4n) is 4.50. The molecule has 1 aliphatic carbocycles. The van der Waals surface area contributed by atoms with Gasteiger partial charge in [-0.15, -0.1) is 24.0 Å². The Labute approximate surface area is 192 Å². The van der Waals surface area contributed by atoms with Crippen LogP contribution in [0.25, 0.3) is 0 Å². The molecule has 1 aromatic rings. The van der Waals surface area contributed by atoms with E-state index in [0.717, 1.165) is 45.4 Å². The highest BCUT2D eigenvalue weighted by molar-refractivity contribution is 14.0. The van der Waals surface area contributed by atoms with Crippen molar-refractivity contribution in [3.8, 4) is 0 Å². The molecule has 1 saturated heterocycles. The zero-order valence-electron chi connectivity index (χ0n) is 17.9. The molecule has 164 valence electrons. The fourth-order valence-corrected chi connectivity index (χ4v) is 4.50. The number of hydrogen-bond donors (Lipinski definition) is 2. The number of guanidine groups is 1. The Kier molecular flexibility index (Phi) is 10.7. The van der Waals surface area contributed by atoms with Gasteiger partial charge in [-0.3, -0.25) is 9.89 Å². The maximum absolute atomic E-state index is 5.59. The number of aliphatic imine (C=N–C) groups is 1. The molecule has 1 saturated carbocycles. The smallest absolute Gasteiger partial charge is 0.191 e. The summed E-state index contributed by atoms with van der Waals surface area (Å²) in [5.74, 6) is 0.871. The Hall–Kier alpha value is -0.900. The molecule has 2 aliphatic rings. The fraction of sp³-hybridized carbons (Fsp3) is 0.682. The van der Waals surface area contributed by atoms with Gasteiger partial charge in [0, 0.05) is 45.9 Å². The number of ether oxygens (including phenoxy) is 2. The average Bonchev–Trinajstić information content (AvgIpc) is 2.76. The molecule has 2 fully saturated rings. The van der Waals surface area contributed by atoms with Gasteiger partial charge in [-0.1, -0.05) is 43.5 Å². The number of methoxy groups -OCH3 is 1. The third kappa shape index (κ3) is 7.08. The van der Waals surface area contributed by atoms with E-state index in [1.54, 1.807) is 7.11 Å². The van der Waals surface area contributed by atoms with Crippen LogP contribution < -0.4 is 10.6 Å². The molecule has 29 heavy (non-hydrogen) atoms. The SMILES string of the molecule is CN=C(NCc1cccc(COC)c1)NCC1(N2CCOCC2)CCCCC1.I. The van der Waals surface area contributed by atoms with Crippen LogP contribution in [0, 0.1) is 0 Å². The molecule has 7 heteroatoms. The van der Waals surface area contributed by atoms with Crippen molar-refractivity contribution in [3.05, 3.63) is 35.4 Å². The topological polar surface area (TPSA) is 58.1 Å². The van der Waals surface area contributed by atoms with Crippen LogP contribution in [-0.4, -0.2) is 63.4 Å². The van der Waals surface area contributed by atoms with Crippen LogP contribution in [0.2, 0.25) is 0 Å². The molecule has 0 amide bonds. The van der Waals surface area contributed by atoms with Gasteiger partial charge in [-0.05, 0) is 24.0 Å². The van der Waals surface area contributed by atoms with Gasteiger partial charge in [0.25, 0.3) is 0 Å². The van der Waals surface area contributed by atoms with Gasteiger partial charge in [-0.2, -0.15) is 0 Å². The van der Waals surface area contributed by atoms with Gasteiger partial charge in [0.05, 0.1) is 19.8 Å². The first-order chi connectivity index (χ1) is 13.8. The Morgan fingerprint density at radius 2 is 1.86 bits per heavy atom. The van der Waals surface area contributed by atoms with Gasteiger partial charge < -0.3 is 20.1 Å². The van der Waals surface area contributed by atoms with E-state index in [0.29, 0.717) is 6.61 Å². The molecule has 0 bridgehead atoms. The Morgan fingerprint density at radius 1 is 1.14 bits per heavy atom. The molecule has 0 atom stereocenters. The minimum absolute atomic E-state index is 0. The van der Waals surface area contributed by atoms with Crippen molar-refractivity contribution in [1.82, 2.24) is 15.5 Å². The molecular formula is C22H37IN4O2. The minimum atomic E-state index is 0. The van der Waals surface area contributed by atoms with E-state index in [2.05, 4.69) is 44.8 Å². The first-order valence-corrected chi connectivity index (χ1v) is 10.6. The van der Waals surface area contributed by atoms with Crippen LogP contribution in [0.3, 0.4) is 0 Å². The highest BCUT2D eigenvalue weighted by atomic mass is 127. The van der Waals surface area contributed by atoms with E-state index in [1.165, 1.54) is 43.2 Å². The van der Waals surface area contributed by atoms with Crippen LogP contribution >= 0.6 is 24.0 Å². The van der Waals surface area contributed by atoms with Crippen molar-refractivity contribution in [2.75, 3.05) is 47.0 Å². The minimum Gasteiger partial charge on any atom is -0.380 e. The van der Waals surface area contributed by atoms with Gasteiger partial charge in [0.2, 0.25) is 0 Å². The lowest BCUT2D eigenvalue weighted by atomic mass is 9.80. The summed E-state index contributed by atoms with van der Waals surface area (Å²) in [4.78, 5) is 7.11. The number of nitrogens with zero attached hydrogens (tertiary/aromatic N) is 2. The standard InChI is InChI=1S/C22H36N4O2.HI/c1-23-21(24-16-19-7-6-8-20(15-19)17-27-2)25-18-22(9-4-3-5-10-22)26-11-13-28-14-12-26;/h6-8,15H,3-5,9-14,16-18H2,1-2H3,(H2,23,24,25);1H. The summed E-state index contributed by atoms with van der Waals surface area (Å²) < 4.78 is 10.8. The zero-order valence-corrected chi connectivity index (χ0v) is 20.2. The van der Waals surface area contributed by atoms with Crippen LogP contribution in [0.1, 0.15) is 43.2 Å². The monoisotopic (exact) mass is 516 g/mol. The van der Waals surface area contributed by atoms with Crippen molar-refractivity contribution < 1.29 is 9.47 Å². The first kappa shape index (κ1) is 24.4. The highest BCUT2D eigenvalue weighted by Crippen LogP contribution is 2.33. The first-order valence-electron chi connectivity index (χ1n) is 10.6. The number of morpholine rings is 1. The Balaban J connectivity index is 0.00000300. The van der Waals surface area contributed by atoms with Gasteiger partial charge >= 0.3 is 0 Å². The van der Waals surface area contributed by atoms with Gasteiger partial charge in [0.1, 0.15) is 0 Å². The Morgan fingerprint density at radius 3 is 2.55 bits per heavy atom. The van der Waals surface area contributed by atoms with E-state index >= 15 is 0 Å². The lowest BCUT2D eigenvalue weighted by Crippen LogP contribution is -2.60. The third-order valence-corrected chi connectivity index (χ3v) is 6.04. The summed E-state index contributed by atoms with van der Waals surface area (Å²) >= 11 is 0. The normalized spacial score (nSPS) is 20.0. The molecule has 6 nitrogen and oxygen atoms in total. The van der Waals surface area contributed by atoms with Crippen LogP contribution in [-0.2, 0) is 22.6 Å². The van der Waals surface area contributed by atoms with E-state index < -0.39 is 0 Å². The van der Waals surface area contributed by atoms with E-state index in [1.807, 2.05) is 7.05 Å². The third-order valence-electron chi connectivity index (χ3n) is 6.04. The summed E-state index contributed by atoms with van der Waals surface area (Å²) in [6.07, 6.45) is 6.51. The second kappa shape index (κ2) is 12.7. The molecule has 0 spiro atoms. The van der Waals surface area contributed by atoms with Gasteiger partial charge in [0.15, 0.2) is 5.96 Å². The van der Waals surface area contributed by atoms with Crippen molar-refractivity contribution in [1.29, 1.82) is 0 Å². The number of benzene rings is 1. The zero-order chi connectivity index (χ0) is 19.7. The second-order valence-electron chi connectivity index (χ2n) is 7.92. The predicted octanol–water partition coefficient (Wildman–Crippen LogP) is 3.15. The van der Waals surface area contributed by atoms with Crippen molar-refractivity contribution in [3.63, 3.8) is 0 Å². The largest absolute Gasteiger partial charge is 0.380 e. The molecule has 0 radical (unpaired) electrons. The van der Waals surface area contributed by atoms with Crippen LogP contribution in [0.4, 0.5) is 0 Å². The molecule has 2 N–H and O–H groups in total. The second-order valence-corrected chi connectivity index (χ2v) is 7.92. The highest BCUT2D eigenvalue weighted by Gasteiger charge is 2.38. The maximum Gasteiger partial charge on any atom is 0.191 e. The average molecular weight is 516 g/mol. The lowest BCUT2D eigenvalue weighted by Gasteiger charge is -2.48. The Bertz CT molecular complexity index is 629.